The van der Waals surface area contributed by atoms with Gasteiger partial charge in [0.1, 0.15) is 11.8 Å². The minimum atomic E-state index is 0.522. The van der Waals surface area contributed by atoms with Gasteiger partial charge in [-0.25, -0.2) is 4.98 Å². The molecular weight excluding hydrogens is 250 g/mol. The number of aromatic amines is 1. The molecule has 0 aliphatic carbocycles. The Bertz CT molecular complexity index is 591. The first kappa shape index (κ1) is 13.0. The molecule has 2 aromatic rings. The van der Waals surface area contributed by atoms with E-state index in [9.17, 15) is 0 Å². The largest absolute Gasteiger partial charge is 0.479 e. The van der Waals surface area contributed by atoms with Gasteiger partial charge in [-0.1, -0.05) is 6.92 Å². The topological polar surface area (TPSA) is 59.0 Å². The maximum atomic E-state index is 5.31. The van der Waals surface area contributed by atoms with E-state index in [0.717, 1.165) is 30.8 Å². The van der Waals surface area contributed by atoms with Crippen molar-refractivity contribution in [2.45, 2.75) is 13.5 Å². The Hall–Kier alpha value is -1.47. The van der Waals surface area contributed by atoms with Crippen LogP contribution in [0.3, 0.4) is 0 Å². The molecule has 0 aromatic carbocycles. The predicted molar refractivity (Wildman–Crippen MR) is 72.4 cm³/mol. The summed E-state index contributed by atoms with van der Waals surface area (Å²) in [5.74, 6) is 0.522. The molecule has 0 spiro atoms. The van der Waals surface area contributed by atoms with Gasteiger partial charge >= 0.3 is 0 Å². The van der Waals surface area contributed by atoms with Crippen molar-refractivity contribution in [3.63, 3.8) is 0 Å². The maximum Gasteiger partial charge on any atom is 0.242 e. The molecule has 0 amide bonds. The highest BCUT2D eigenvalue weighted by Crippen LogP contribution is 2.19. The lowest BCUT2D eigenvalue weighted by atomic mass is 10.5. The van der Waals surface area contributed by atoms with Crippen LogP contribution in [0.1, 0.15) is 6.92 Å². The zero-order valence-corrected chi connectivity index (χ0v) is 11.6. The van der Waals surface area contributed by atoms with Gasteiger partial charge < -0.3 is 19.2 Å². The Morgan fingerprint density at radius 2 is 2.28 bits per heavy atom. The van der Waals surface area contributed by atoms with E-state index in [1.807, 2.05) is 4.57 Å². The van der Waals surface area contributed by atoms with Crippen LogP contribution in [0.25, 0.3) is 11.2 Å². The second-order valence-corrected chi connectivity index (χ2v) is 4.45. The molecule has 0 fully saturated rings. The third-order valence-electron chi connectivity index (χ3n) is 2.96. The molecule has 2 heterocycles. The molecule has 6 nitrogen and oxygen atoms in total. The molecule has 0 aliphatic rings. The first-order valence-corrected chi connectivity index (χ1v) is 6.24. The van der Waals surface area contributed by atoms with Gasteiger partial charge in [0.05, 0.1) is 7.11 Å². The van der Waals surface area contributed by atoms with E-state index in [1.54, 1.807) is 7.11 Å². The van der Waals surface area contributed by atoms with E-state index in [2.05, 4.69) is 33.8 Å². The molecule has 1 N–H and O–H groups in total. The molecule has 0 radical (unpaired) electrons. The van der Waals surface area contributed by atoms with Crippen LogP contribution in [-0.4, -0.2) is 51.7 Å². The third-order valence-corrected chi connectivity index (χ3v) is 3.29. The molecule has 18 heavy (non-hydrogen) atoms. The van der Waals surface area contributed by atoms with Crippen molar-refractivity contribution in [2.75, 3.05) is 27.2 Å². The molecule has 0 saturated carbocycles. The lowest BCUT2D eigenvalue weighted by Gasteiger charge is -2.13. The number of rotatable bonds is 5. The van der Waals surface area contributed by atoms with Gasteiger partial charge in [0, 0.05) is 13.1 Å². The van der Waals surface area contributed by atoms with Crippen LogP contribution < -0.4 is 4.74 Å². The van der Waals surface area contributed by atoms with E-state index in [-0.39, 0.29) is 0 Å². The summed E-state index contributed by atoms with van der Waals surface area (Å²) in [6.07, 6.45) is 1.49. The number of aromatic nitrogens is 4. The highest BCUT2D eigenvalue weighted by Gasteiger charge is 2.11. The fourth-order valence-corrected chi connectivity index (χ4v) is 2.02. The Morgan fingerprint density at radius 3 is 2.94 bits per heavy atom. The van der Waals surface area contributed by atoms with Crippen LogP contribution in [0.2, 0.25) is 0 Å². The van der Waals surface area contributed by atoms with Crippen molar-refractivity contribution < 1.29 is 4.74 Å². The average Bonchev–Trinajstić information content (AvgIpc) is 2.71. The first-order valence-electron chi connectivity index (χ1n) is 5.83. The molecule has 2 rings (SSSR count). The fraction of sp³-hybridized carbons (Fsp3) is 0.545. The minimum absolute atomic E-state index is 0.522. The SMILES string of the molecule is CCN(C)CCn1c(=S)[nH]c2c(OC)ncnc21. The van der Waals surface area contributed by atoms with Gasteiger partial charge in [0.25, 0.3) is 0 Å². The van der Waals surface area contributed by atoms with Gasteiger partial charge in [-0.05, 0) is 25.8 Å². The number of methoxy groups -OCH3 is 1. The molecule has 0 atom stereocenters. The summed E-state index contributed by atoms with van der Waals surface area (Å²) in [5.41, 5.74) is 1.54. The molecular formula is C11H17N5OS. The van der Waals surface area contributed by atoms with Crippen LogP contribution in [-0.2, 0) is 6.54 Å². The minimum Gasteiger partial charge on any atom is -0.479 e. The predicted octanol–water partition coefficient (Wildman–Crippen LogP) is 1.45. The van der Waals surface area contributed by atoms with Crippen molar-refractivity contribution in [3.8, 4) is 5.88 Å². The normalized spacial score (nSPS) is 11.3. The number of nitrogens with zero attached hydrogens (tertiary/aromatic N) is 4. The monoisotopic (exact) mass is 267 g/mol. The third kappa shape index (κ3) is 2.37. The first-order chi connectivity index (χ1) is 8.67. The smallest absolute Gasteiger partial charge is 0.242 e. The molecule has 2 aromatic heterocycles. The summed E-state index contributed by atoms with van der Waals surface area (Å²) in [6.45, 7) is 4.85. The summed E-state index contributed by atoms with van der Waals surface area (Å²) in [5, 5.41) is 0. The summed E-state index contributed by atoms with van der Waals surface area (Å²) in [6, 6.07) is 0. The molecule has 98 valence electrons. The van der Waals surface area contributed by atoms with Crippen LogP contribution in [0.15, 0.2) is 6.33 Å². The molecule has 7 heteroatoms. The number of hydrogen-bond donors (Lipinski definition) is 1. The molecule has 0 aliphatic heterocycles. The van der Waals surface area contributed by atoms with E-state index in [0.29, 0.717) is 10.7 Å². The van der Waals surface area contributed by atoms with E-state index in [4.69, 9.17) is 17.0 Å². The van der Waals surface area contributed by atoms with Crippen LogP contribution in [0, 0.1) is 4.77 Å². The average molecular weight is 267 g/mol. The number of H-pyrrole nitrogens is 1. The maximum absolute atomic E-state index is 5.31. The van der Waals surface area contributed by atoms with E-state index < -0.39 is 0 Å². The summed E-state index contributed by atoms with van der Waals surface area (Å²) >= 11 is 5.31. The summed E-state index contributed by atoms with van der Waals surface area (Å²) in [7, 11) is 3.66. The van der Waals surface area contributed by atoms with Gasteiger partial charge in [0.2, 0.25) is 5.88 Å². The van der Waals surface area contributed by atoms with E-state index >= 15 is 0 Å². The number of nitrogens with one attached hydrogen (secondary N) is 1. The zero-order valence-electron chi connectivity index (χ0n) is 10.8. The van der Waals surface area contributed by atoms with Crippen LogP contribution >= 0.6 is 12.2 Å². The number of hydrogen-bond acceptors (Lipinski definition) is 5. The Balaban J connectivity index is 2.39. The van der Waals surface area contributed by atoms with Crippen LogP contribution in [0.5, 0.6) is 5.88 Å². The second kappa shape index (κ2) is 5.45. The highest BCUT2D eigenvalue weighted by molar-refractivity contribution is 7.71. The number of imidazole rings is 1. The lowest BCUT2D eigenvalue weighted by molar-refractivity contribution is 0.336. The van der Waals surface area contributed by atoms with Gasteiger partial charge in [-0.2, -0.15) is 4.98 Å². The highest BCUT2D eigenvalue weighted by atomic mass is 32.1. The fourth-order valence-electron chi connectivity index (χ4n) is 1.74. The van der Waals surface area contributed by atoms with Crippen molar-refractivity contribution >= 4 is 23.4 Å². The Kier molecular flexibility index (Phi) is 3.93. The second-order valence-electron chi connectivity index (χ2n) is 4.06. The summed E-state index contributed by atoms with van der Waals surface area (Å²) < 4.78 is 7.81. The molecule has 0 saturated heterocycles. The number of ether oxygens (including phenoxy) is 1. The quantitative estimate of drug-likeness (QED) is 0.831. The van der Waals surface area contributed by atoms with Crippen molar-refractivity contribution in [3.05, 3.63) is 11.1 Å². The number of likely N-dealkylation sites (N-methyl/N-ethyl adjacent to an activating group) is 1. The van der Waals surface area contributed by atoms with Gasteiger partial charge in [-0.15, -0.1) is 0 Å². The summed E-state index contributed by atoms with van der Waals surface area (Å²) in [4.78, 5) is 13.6. The van der Waals surface area contributed by atoms with Crippen molar-refractivity contribution in [1.82, 2.24) is 24.4 Å². The standard InChI is InChI=1S/C11H17N5OS/c1-4-15(2)5-6-16-9-8(14-11(16)18)10(17-3)13-7-12-9/h7H,4-6H2,1-3H3,(H,14,18). The Morgan fingerprint density at radius 1 is 1.50 bits per heavy atom. The molecule has 0 unspecified atom stereocenters. The Labute approximate surface area is 111 Å². The molecule has 0 bridgehead atoms. The van der Waals surface area contributed by atoms with Crippen LogP contribution in [0.4, 0.5) is 0 Å². The van der Waals surface area contributed by atoms with E-state index in [1.165, 1.54) is 6.33 Å². The lowest BCUT2D eigenvalue weighted by Crippen LogP contribution is -2.22. The number of fused-ring (bicyclic) bond motifs is 1. The van der Waals surface area contributed by atoms with Gasteiger partial charge in [0.15, 0.2) is 10.4 Å². The van der Waals surface area contributed by atoms with Crippen molar-refractivity contribution in [1.29, 1.82) is 0 Å². The zero-order chi connectivity index (χ0) is 13.1. The van der Waals surface area contributed by atoms with Gasteiger partial charge in [-0.3, -0.25) is 0 Å². The van der Waals surface area contributed by atoms with Crippen molar-refractivity contribution in [2.24, 2.45) is 0 Å².